The summed E-state index contributed by atoms with van der Waals surface area (Å²) in [4.78, 5) is 12.3. The first kappa shape index (κ1) is 13.6. The van der Waals surface area contributed by atoms with Crippen LogP contribution < -0.4 is 5.32 Å². The monoisotopic (exact) mass is 283 g/mol. The first-order valence-corrected chi connectivity index (χ1v) is 7.29. The van der Waals surface area contributed by atoms with E-state index in [9.17, 15) is 10.1 Å². The highest BCUT2D eigenvalue weighted by molar-refractivity contribution is 5.97. The number of hydrogen-bond acceptors (Lipinski definition) is 4. The Hall–Kier alpha value is -2.42. The van der Waals surface area contributed by atoms with Crippen LogP contribution >= 0.6 is 0 Å². The van der Waals surface area contributed by atoms with Gasteiger partial charge in [-0.25, -0.2) is 0 Å². The predicted octanol–water partition coefficient (Wildman–Crippen LogP) is 2.16. The van der Waals surface area contributed by atoms with Crippen molar-refractivity contribution in [1.82, 2.24) is 20.7 Å². The Morgan fingerprint density at radius 2 is 2.05 bits per heavy atom. The Balaban J connectivity index is 1.73. The molecule has 0 saturated heterocycles. The number of nitrogens with zero attached hydrogens (tertiary/aromatic N) is 3. The van der Waals surface area contributed by atoms with Crippen LogP contribution in [-0.4, -0.2) is 27.4 Å². The zero-order chi connectivity index (χ0) is 14.7. The van der Waals surface area contributed by atoms with Crippen LogP contribution in [0.3, 0.4) is 0 Å². The molecule has 0 radical (unpaired) electrons. The third kappa shape index (κ3) is 2.87. The molecule has 1 heterocycles. The molecule has 1 aromatic carbocycles. The highest BCUT2D eigenvalue weighted by atomic mass is 16.1. The predicted molar refractivity (Wildman–Crippen MR) is 77.3 cm³/mol. The molecule has 2 N–H and O–H groups in total. The molecule has 1 amide bonds. The van der Waals surface area contributed by atoms with Gasteiger partial charge in [-0.05, 0) is 37.0 Å². The Labute approximate surface area is 122 Å². The van der Waals surface area contributed by atoms with Crippen LogP contribution in [-0.2, 0) is 0 Å². The lowest BCUT2D eigenvalue weighted by Crippen LogP contribution is -2.40. The number of amides is 1. The van der Waals surface area contributed by atoms with Gasteiger partial charge in [0.05, 0.1) is 6.07 Å². The van der Waals surface area contributed by atoms with Gasteiger partial charge in [0, 0.05) is 5.56 Å². The van der Waals surface area contributed by atoms with Crippen molar-refractivity contribution in [3.63, 3.8) is 0 Å². The molecule has 1 aromatic heterocycles. The molecule has 2 aromatic rings. The molecule has 6 nitrogen and oxygen atoms in total. The fraction of sp³-hybridized carbons (Fsp3) is 0.467. The minimum Gasteiger partial charge on any atom is -0.336 e. The maximum absolute atomic E-state index is 12.3. The fourth-order valence-electron chi connectivity index (χ4n) is 2.93. The molecule has 1 saturated carbocycles. The van der Waals surface area contributed by atoms with Gasteiger partial charge < -0.3 is 5.32 Å². The molecule has 108 valence electrons. The Bertz CT molecular complexity index is 681. The van der Waals surface area contributed by atoms with Gasteiger partial charge in [0.25, 0.3) is 5.91 Å². The normalized spacial score (nSPS) is 17.3. The van der Waals surface area contributed by atoms with E-state index in [4.69, 9.17) is 0 Å². The minimum absolute atomic E-state index is 0.225. The average Bonchev–Trinajstić information content (AvgIpc) is 3.00. The zero-order valence-electron chi connectivity index (χ0n) is 11.7. The second kappa shape index (κ2) is 5.92. The summed E-state index contributed by atoms with van der Waals surface area (Å²) in [5, 5.41) is 22.6. The van der Waals surface area contributed by atoms with Crippen molar-refractivity contribution in [1.29, 1.82) is 5.26 Å². The van der Waals surface area contributed by atoms with Gasteiger partial charge in [0.1, 0.15) is 17.1 Å². The van der Waals surface area contributed by atoms with Gasteiger partial charge in [0.2, 0.25) is 0 Å². The van der Waals surface area contributed by atoms with Gasteiger partial charge >= 0.3 is 0 Å². The standard InChI is InChI=1S/C15H17N5O/c16-9-14(10-4-2-1-3-5-10)17-15(21)11-6-7-12-13(8-11)19-20-18-12/h6-8,10,14H,1-5H2,(H,17,21)(H,18,19,20)/t14-/m0/s1. The summed E-state index contributed by atoms with van der Waals surface area (Å²) in [6.07, 6.45) is 5.54. The number of aromatic nitrogens is 3. The molecule has 21 heavy (non-hydrogen) atoms. The molecule has 1 fully saturated rings. The van der Waals surface area contributed by atoms with Crippen LogP contribution in [0.5, 0.6) is 0 Å². The van der Waals surface area contributed by atoms with E-state index in [0.717, 1.165) is 31.2 Å². The first-order valence-electron chi connectivity index (χ1n) is 7.29. The molecule has 3 rings (SSSR count). The molecule has 0 unspecified atom stereocenters. The summed E-state index contributed by atoms with van der Waals surface area (Å²) in [5.74, 6) is 0.0421. The number of fused-ring (bicyclic) bond motifs is 1. The summed E-state index contributed by atoms with van der Waals surface area (Å²) < 4.78 is 0. The molecule has 0 bridgehead atoms. The third-order valence-electron chi connectivity index (χ3n) is 4.13. The van der Waals surface area contributed by atoms with E-state index >= 15 is 0 Å². The van der Waals surface area contributed by atoms with E-state index in [1.165, 1.54) is 6.42 Å². The van der Waals surface area contributed by atoms with Crippen LogP contribution in [0.25, 0.3) is 11.0 Å². The molecular weight excluding hydrogens is 266 g/mol. The molecule has 1 aliphatic carbocycles. The van der Waals surface area contributed by atoms with Crippen molar-refractivity contribution in [2.75, 3.05) is 0 Å². The van der Waals surface area contributed by atoms with E-state index in [1.807, 2.05) is 0 Å². The SMILES string of the molecule is N#C[C@H](NC(=O)c1ccc2n[nH]nc2c1)C1CCCCC1. The second-order valence-corrected chi connectivity index (χ2v) is 5.51. The molecule has 1 aliphatic rings. The van der Waals surface area contributed by atoms with Crippen molar-refractivity contribution >= 4 is 16.9 Å². The number of nitrogens with one attached hydrogen (secondary N) is 2. The van der Waals surface area contributed by atoms with Crippen molar-refractivity contribution in [2.24, 2.45) is 5.92 Å². The topological polar surface area (TPSA) is 94.5 Å². The molecule has 0 aliphatic heterocycles. The number of rotatable bonds is 3. The molecular formula is C15H17N5O. The van der Waals surface area contributed by atoms with Gasteiger partial charge in [-0.1, -0.05) is 19.3 Å². The average molecular weight is 283 g/mol. The molecule has 0 spiro atoms. The van der Waals surface area contributed by atoms with E-state index in [1.54, 1.807) is 18.2 Å². The van der Waals surface area contributed by atoms with E-state index in [0.29, 0.717) is 11.1 Å². The van der Waals surface area contributed by atoms with Gasteiger partial charge in [-0.15, -0.1) is 0 Å². The molecule has 6 heteroatoms. The highest BCUT2D eigenvalue weighted by Crippen LogP contribution is 2.26. The Morgan fingerprint density at radius 3 is 2.81 bits per heavy atom. The number of hydrogen-bond donors (Lipinski definition) is 2. The summed E-state index contributed by atoms with van der Waals surface area (Å²) >= 11 is 0. The van der Waals surface area contributed by atoms with Gasteiger partial charge in [0.15, 0.2) is 0 Å². The number of H-pyrrole nitrogens is 1. The van der Waals surface area contributed by atoms with E-state index in [-0.39, 0.29) is 11.8 Å². The fourth-order valence-corrected chi connectivity index (χ4v) is 2.93. The van der Waals surface area contributed by atoms with Crippen LogP contribution in [0.1, 0.15) is 42.5 Å². The smallest absolute Gasteiger partial charge is 0.252 e. The van der Waals surface area contributed by atoms with Crippen LogP contribution in [0.2, 0.25) is 0 Å². The zero-order valence-corrected chi connectivity index (χ0v) is 11.7. The number of benzene rings is 1. The number of aromatic amines is 1. The van der Waals surface area contributed by atoms with E-state index < -0.39 is 6.04 Å². The number of carbonyl (C=O) groups excluding carboxylic acids is 1. The lowest BCUT2D eigenvalue weighted by Gasteiger charge is -2.26. The van der Waals surface area contributed by atoms with Crippen molar-refractivity contribution in [2.45, 2.75) is 38.1 Å². The Morgan fingerprint density at radius 1 is 1.29 bits per heavy atom. The minimum atomic E-state index is -0.411. The summed E-state index contributed by atoms with van der Waals surface area (Å²) in [6.45, 7) is 0. The van der Waals surface area contributed by atoms with E-state index in [2.05, 4.69) is 26.8 Å². The third-order valence-corrected chi connectivity index (χ3v) is 4.13. The maximum atomic E-state index is 12.3. The Kier molecular flexibility index (Phi) is 3.82. The van der Waals surface area contributed by atoms with Gasteiger partial charge in [-0.2, -0.15) is 20.7 Å². The highest BCUT2D eigenvalue weighted by Gasteiger charge is 2.25. The summed E-state index contributed by atoms with van der Waals surface area (Å²) in [5.41, 5.74) is 1.87. The number of nitriles is 1. The van der Waals surface area contributed by atoms with Crippen LogP contribution in [0, 0.1) is 17.2 Å². The summed E-state index contributed by atoms with van der Waals surface area (Å²) in [7, 11) is 0. The largest absolute Gasteiger partial charge is 0.336 e. The van der Waals surface area contributed by atoms with Crippen LogP contribution in [0.4, 0.5) is 0 Å². The quantitative estimate of drug-likeness (QED) is 0.902. The van der Waals surface area contributed by atoms with Crippen LogP contribution in [0.15, 0.2) is 18.2 Å². The van der Waals surface area contributed by atoms with Crippen molar-refractivity contribution in [3.05, 3.63) is 23.8 Å². The lowest BCUT2D eigenvalue weighted by atomic mass is 9.84. The number of carbonyl (C=O) groups is 1. The second-order valence-electron chi connectivity index (χ2n) is 5.51. The maximum Gasteiger partial charge on any atom is 0.252 e. The first-order chi connectivity index (χ1) is 10.3. The lowest BCUT2D eigenvalue weighted by molar-refractivity contribution is 0.0929. The van der Waals surface area contributed by atoms with Crippen molar-refractivity contribution in [3.8, 4) is 6.07 Å². The molecule has 1 atom stereocenters. The summed E-state index contributed by atoms with van der Waals surface area (Å²) in [6, 6.07) is 6.96. The van der Waals surface area contributed by atoms with Crippen molar-refractivity contribution < 1.29 is 4.79 Å². The van der Waals surface area contributed by atoms with Gasteiger partial charge in [-0.3, -0.25) is 4.79 Å².